The van der Waals surface area contributed by atoms with E-state index in [9.17, 15) is 4.79 Å². The van der Waals surface area contributed by atoms with Gasteiger partial charge in [-0.25, -0.2) is 14.4 Å². The third-order valence-electron chi connectivity index (χ3n) is 6.92. The number of pyridine rings is 2. The summed E-state index contributed by atoms with van der Waals surface area (Å²) in [4.78, 5) is 24.5. The van der Waals surface area contributed by atoms with Gasteiger partial charge in [0.05, 0.1) is 0 Å². The molecule has 4 heterocycles. The highest BCUT2D eigenvalue weighted by Crippen LogP contribution is 2.31. The minimum absolute atomic E-state index is 0.203. The lowest BCUT2D eigenvalue weighted by Gasteiger charge is -2.27. The van der Waals surface area contributed by atoms with E-state index in [2.05, 4.69) is 25.3 Å². The molecule has 0 bridgehead atoms. The van der Waals surface area contributed by atoms with Gasteiger partial charge in [-0.3, -0.25) is 9.48 Å². The van der Waals surface area contributed by atoms with Gasteiger partial charge in [0.25, 0.3) is 5.91 Å². The normalized spacial score (nSPS) is 14.4. The van der Waals surface area contributed by atoms with Crippen LogP contribution in [-0.4, -0.2) is 38.7 Å². The zero-order valence-electron chi connectivity index (χ0n) is 20.8. The highest BCUT2D eigenvalue weighted by Gasteiger charge is 2.25. The third-order valence-corrected chi connectivity index (χ3v) is 6.92. The van der Waals surface area contributed by atoms with Crippen molar-refractivity contribution in [3.8, 4) is 11.1 Å². The summed E-state index contributed by atoms with van der Waals surface area (Å²) in [6, 6.07) is 21.2. The molecule has 0 aliphatic carbocycles. The van der Waals surface area contributed by atoms with Crippen molar-refractivity contribution < 1.29 is 9.18 Å². The van der Waals surface area contributed by atoms with Gasteiger partial charge in [-0.05, 0) is 49.1 Å². The van der Waals surface area contributed by atoms with Crippen molar-refractivity contribution in [1.29, 1.82) is 0 Å². The fourth-order valence-electron chi connectivity index (χ4n) is 4.97. The van der Waals surface area contributed by atoms with Crippen LogP contribution < -0.4 is 10.2 Å². The monoisotopic (exact) mass is 506 g/mol. The van der Waals surface area contributed by atoms with Gasteiger partial charge in [-0.15, -0.1) is 0 Å². The van der Waals surface area contributed by atoms with E-state index in [1.807, 2.05) is 48.5 Å². The number of anilines is 2. The lowest BCUT2D eigenvalue weighted by atomic mass is 10.0. The number of aromatic nitrogens is 4. The van der Waals surface area contributed by atoms with Crippen molar-refractivity contribution in [2.24, 2.45) is 0 Å². The first-order valence-electron chi connectivity index (χ1n) is 12.8. The fourth-order valence-corrected chi connectivity index (χ4v) is 4.97. The molecule has 1 aliphatic rings. The van der Waals surface area contributed by atoms with Crippen molar-refractivity contribution in [2.75, 3.05) is 23.3 Å². The van der Waals surface area contributed by atoms with Crippen molar-refractivity contribution >= 4 is 28.4 Å². The molecule has 3 aromatic heterocycles. The number of carbonyl (C=O) groups excluding carboxylic acids is 1. The van der Waals surface area contributed by atoms with Gasteiger partial charge in [-0.1, -0.05) is 48.5 Å². The van der Waals surface area contributed by atoms with Crippen LogP contribution in [0.1, 0.15) is 30.9 Å². The standard InChI is InChI=1S/C30H27FN6O/c31-27-24(22-13-15-26(33-19-22)36-17-7-2-8-18-36)14-12-23-20-37(35-28(23)27)29(21-9-3-1-4-10-21)30(38)34-25-11-5-6-16-32-25/h1,3-6,9-16,19-20,29H,2,7-8,17-18H2,(H,32,34,38). The van der Waals surface area contributed by atoms with Crippen LogP contribution >= 0.6 is 0 Å². The summed E-state index contributed by atoms with van der Waals surface area (Å²) in [6.45, 7) is 2.00. The molecule has 0 radical (unpaired) electrons. The van der Waals surface area contributed by atoms with Gasteiger partial charge in [0.15, 0.2) is 11.9 Å². The van der Waals surface area contributed by atoms with E-state index >= 15 is 4.39 Å². The maximum Gasteiger partial charge on any atom is 0.254 e. The molecule has 1 fully saturated rings. The number of piperidine rings is 1. The molecule has 1 amide bonds. The summed E-state index contributed by atoms with van der Waals surface area (Å²) < 4.78 is 17.3. The average Bonchev–Trinajstić information content (AvgIpc) is 3.40. The molecule has 7 nitrogen and oxygen atoms in total. The second-order valence-corrected chi connectivity index (χ2v) is 9.44. The summed E-state index contributed by atoms with van der Waals surface area (Å²) in [7, 11) is 0. The van der Waals surface area contributed by atoms with Gasteiger partial charge in [-0.2, -0.15) is 5.10 Å². The van der Waals surface area contributed by atoms with Crippen LogP contribution in [0, 0.1) is 5.82 Å². The minimum Gasteiger partial charge on any atom is -0.357 e. The Bertz CT molecular complexity index is 1550. The van der Waals surface area contributed by atoms with Crippen LogP contribution in [0.2, 0.25) is 0 Å². The number of nitrogens with one attached hydrogen (secondary N) is 1. The summed E-state index contributed by atoms with van der Waals surface area (Å²) in [5.41, 5.74) is 2.04. The Hall–Kier alpha value is -4.59. The van der Waals surface area contributed by atoms with Crippen LogP contribution in [0.3, 0.4) is 0 Å². The molecule has 6 rings (SSSR count). The summed E-state index contributed by atoms with van der Waals surface area (Å²) >= 11 is 0. The molecular formula is C30H27FN6O. The zero-order valence-corrected chi connectivity index (χ0v) is 20.8. The molecule has 1 N–H and O–H groups in total. The average molecular weight is 507 g/mol. The van der Waals surface area contributed by atoms with Crippen LogP contribution in [0.4, 0.5) is 16.0 Å². The number of carbonyl (C=O) groups is 1. The number of fused-ring (bicyclic) bond motifs is 1. The first-order chi connectivity index (χ1) is 18.7. The zero-order chi connectivity index (χ0) is 25.9. The number of rotatable bonds is 6. The van der Waals surface area contributed by atoms with Crippen LogP contribution in [0.15, 0.2) is 91.4 Å². The van der Waals surface area contributed by atoms with E-state index < -0.39 is 11.9 Å². The lowest BCUT2D eigenvalue weighted by Crippen LogP contribution is -2.29. The van der Waals surface area contributed by atoms with Crippen molar-refractivity contribution in [3.63, 3.8) is 0 Å². The Balaban J connectivity index is 1.34. The molecule has 2 aromatic carbocycles. The number of nitrogens with zero attached hydrogens (tertiary/aromatic N) is 5. The largest absolute Gasteiger partial charge is 0.357 e. The molecule has 1 atom stereocenters. The fraction of sp³-hybridized carbons (Fsp3) is 0.200. The van der Waals surface area contributed by atoms with Crippen molar-refractivity contribution in [2.45, 2.75) is 25.3 Å². The molecule has 5 aromatic rings. The molecule has 0 spiro atoms. The molecule has 0 saturated carbocycles. The van der Waals surface area contributed by atoms with E-state index in [1.54, 1.807) is 42.9 Å². The number of halogens is 1. The summed E-state index contributed by atoms with van der Waals surface area (Å²) in [5, 5.41) is 8.02. The topological polar surface area (TPSA) is 75.9 Å². The molecule has 1 unspecified atom stereocenters. The molecule has 1 aliphatic heterocycles. The maximum absolute atomic E-state index is 15.8. The van der Waals surface area contributed by atoms with E-state index in [1.165, 1.54) is 23.9 Å². The predicted molar refractivity (Wildman–Crippen MR) is 146 cm³/mol. The molecule has 8 heteroatoms. The quantitative estimate of drug-likeness (QED) is 0.313. The van der Waals surface area contributed by atoms with Gasteiger partial charge < -0.3 is 10.2 Å². The summed E-state index contributed by atoms with van der Waals surface area (Å²) in [6.07, 6.45) is 8.62. The van der Waals surface area contributed by atoms with E-state index in [0.717, 1.165) is 24.5 Å². The molecule has 38 heavy (non-hydrogen) atoms. The Kier molecular flexibility index (Phi) is 6.52. The van der Waals surface area contributed by atoms with Crippen molar-refractivity contribution in [1.82, 2.24) is 19.7 Å². The highest BCUT2D eigenvalue weighted by molar-refractivity contribution is 5.95. The number of hydrogen-bond donors (Lipinski definition) is 1. The van der Waals surface area contributed by atoms with Crippen LogP contribution in [0.5, 0.6) is 0 Å². The predicted octanol–water partition coefficient (Wildman–Crippen LogP) is 5.85. The first kappa shape index (κ1) is 23.8. The van der Waals surface area contributed by atoms with Crippen LogP contribution in [-0.2, 0) is 4.79 Å². The third kappa shape index (κ3) is 4.72. The minimum atomic E-state index is -0.807. The van der Waals surface area contributed by atoms with E-state index in [0.29, 0.717) is 22.3 Å². The van der Waals surface area contributed by atoms with Crippen LogP contribution in [0.25, 0.3) is 22.0 Å². The number of hydrogen-bond acceptors (Lipinski definition) is 5. The molecule has 190 valence electrons. The number of amides is 1. The van der Waals surface area contributed by atoms with Crippen molar-refractivity contribution in [3.05, 3.63) is 103 Å². The Morgan fingerprint density at radius 3 is 2.45 bits per heavy atom. The van der Waals surface area contributed by atoms with Gasteiger partial charge in [0, 0.05) is 48.2 Å². The highest BCUT2D eigenvalue weighted by atomic mass is 19.1. The summed E-state index contributed by atoms with van der Waals surface area (Å²) in [5.74, 6) is 0.597. The van der Waals surface area contributed by atoms with E-state index in [4.69, 9.17) is 0 Å². The Morgan fingerprint density at radius 2 is 1.71 bits per heavy atom. The first-order valence-corrected chi connectivity index (χ1v) is 12.8. The SMILES string of the molecule is O=C(Nc1ccccn1)C(c1ccccc1)n1cc2ccc(-c3ccc(N4CCCCC4)nc3)c(F)c2n1. The molecule has 1 saturated heterocycles. The smallest absolute Gasteiger partial charge is 0.254 e. The Labute approximate surface area is 220 Å². The lowest BCUT2D eigenvalue weighted by molar-refractivity contribution is -0.118. The second kappa shape index (κ2) is 10.4. The number of benzene rings is 2. The van der Waals surface area contributed by atoms with Gasteiger partial charge in [0.1, 0.15) is 17.2 Å². The van der Waals surface area contributed by atoms with Gasteiger partial charge >= 0.3 is 0 Å². The Morgan fingerprint density at radius 1 is 0.895 bits per heavy atom. The second-order valence-electron chi connectivity index (χ2n) is 9.44. The molecular weight excluding hydrogens is 479 g/mol. The maximum atomic E-state index is 15.8. The van der Waals surface area contributed by atoms with E-state index in [-0.39, 0.29) is 11.4 Å². The van der Waals surface area contributed by atoms with Gasteiger partial charge in [0.2, 0.25) is 0 Å².